The molecule has 0 fully saturated rings. The first-order valence-corrected chi connectivity index (χ1v) is 8.11. The minimum atomic E-state index is 0. The normalized spacial score (nSPS) is 14.2. The molecule has 1 aromatic carbocycles. The van der Waals surface area contributed by atoms with Gasteiger partial charge in [-0.2, -0.15) is 0 Å². The molecule has 0 bridgehead atoms. The predicted molar refractivity (Wildman–Crippen MR) is 105 cm³/mol. The highest BCUT2D eigenvalue weighted by atomic mass is 79.9. The summed E-state index contributed by atoms with van der Waals surface area (Å²) >= 11 is 1.52. The van der Waals surface area contributed by atoms with Gasteiger partial charge in [0.2, 0.25) is 5.17 Å². The van der Waals surface area contributed by atoms with Crippen molar-refractivity contribution in [3.05, 3.63) is 58.9 Å². The van der Waals surface area contributed by atoms with Crippen LogP contribution in [-0.4, -0.2) is 18.0 Å². The third-order valence-corrected chi connectivity index (χ3v) is 4.05. The smallest absolute Gasteiger partial charge is 0.211 e. The lowest BCUT2D eigenvalue weighted by molar-refractivity contribution is 0.340. The molecule has 3 rings (SSSR count). The monoisotopic (exact) mass is 407 g/mol. The molecule has 0 radical (unpaired) electrons. The number of hydrogen-bond donors (Lipinski definition) is 1. The van der Waals surface area contributed by atoms with Crippen LogP contribution >= 0.6 is 28.7 Å². The second-order valence-corrected chi connectivity index (χ2v) is 5.95. The highest BCUT2D eigenvalue weighted by Gasteiger charge is 2.14. The van der Waals surface area contributed by atoms with Gasteiger partial charge in [-0.1, -0.05) is 11.8 Å². The number of aliphatic imine (C=N–C) groups is 1. The molecule has 0 amide bonds. The van der Waals surface area contributed by atoms with Gasteiger partial charge >= 0.3 is 0 Å². The number of furan rings is 1. The van der Waals surface area contributed by atoms with Crippen LogP contribution in [0.4, 0.5) is 0 Å². The zero-order valence-corrected chi connectivity index (χ0v) is 15.9. The van der Waals surface area contributed by atoms with Crippen molar-refractivity contribution in [2.24, 2.45) is 10.1 Å². The summed E-state index contributed by atoms with van der Waals surface area (Å²) in [4.78, 5) is 5.43. The number of halogens is 1. The van der Waals surface area contributed by atoms with E-state index in [0.29, 0.717) is 17.5 Å². The first kappa shape index (κ1) is 18.4. The fraction of sp³-hybridized carbons (Fsp3) is 0.176. The van der Waals surface area contributed by atoms with Gasteiger partial charge in [0.05, 0.1) is 24.8 Å². The van der Waals surface area contributed by atoms with Crippen molar-refractivity contribution in [1.82, 2.24) is 5.43 Å². The topological polar surface area (TPSA) is 59.1 Å². The SMILES string of the molecule is Br.CCOc1ccc(C2=C(C)SC(/N=C/c3ccco3)=NN2)cc1. The number of ether oxygens (including phenoxy) is 1. The van der Waals surface area contributed by atoms with E-state index >= 15 is 0 Å². The summed E-state index contributed by atoms with van der Waals surface area (Å²) in [6, 6.07) is 11.6. The minimum Gasteiger partial charge on any atom is -0.494 e. The van der Waals surface area contributed by atoms with E-state index < -0.39 is 0 Å². The van der Waals surface area contributed by atoms with Gasteiger partial charge in [-0.15, -0.1) is 22.1 Å². The summed E-state index contributed by atoms with van der Waals surface area (Å²) in [5.41, 5.74) is 5.13. The lowest BCUT2D eigenvalue weighted by Crippen LogP contribution is -2.13. The molecule has 0 atom stereocenters. The number of amidine groups is 1. The van der Waals surface area contributed by atoms with Crippen LogP contribution in [0.5, 0.6) is 5.75 Å². The number of nitrogens with one attached hydrogen (secondary N) is 1. The van der Waals surface area contributed by atoms with Crippen molar-refractivity contribution in [1.29, 1.82) is 0 Å². The van der Waals surface area contributed by atoms with Gasteiger partial charge in [-0.05, 0) is 50.2 Å². The molecule has 126 valence electrons. The van der Waals surface area contributed by atoms with E-state index in [-0.39, 0.29) is 17.0 Å². The standard InChI is InChI=1S/C17H17N3O2S.BrH/c1-3-21-14-8-6-13(7-9-14)16-12(2)23-17(20-19-16)18-11-15-5-4-10-22-15;/h4-11,19H,3H2,1-2H3;1H/b18-11+;. The van der Waals surface area contributed by atoms with E-state index in [9.17, 15) is 0 Å². The van der Waals surface area contributed by atoms with Gasteiger partial charge < -0.3 is 9.15 Å². The summed E-state index contributed by atoms with van der Waals surface area (Å²) < 4.78 is 10.7. The Morgan fingerprint density at radius 3 is 2.71 bits per heavy atom. The largest absolute Gasteiger partial charge is 0.494 e. The summed E-state index contributed by atoms with van der Waals surface area (Å²) in [7, 11) is 0. The maximum absolute atomic E-state index is 5.46. The van der Waals surface area contributed by atoms with Crippen molar-refractivity contribution in [2.75, 3.05) is 6.61 Å². The van der Waals surface area contributed by atoms with Gasteiger partial charge in [0, 0.05) is 10.5 Å². The Bertz CT molecular complexity index is 753. The van der Waals surface area contributed by atoms with E-state index in [1.54, 1.807) is 12.5 Å². The van der Waals surface area contributed by atoms with E-state index in [0.717, 1.165) is 21.9 Å². The number of thioether (sulfide) groups is 1. The number of rotatable bonds is 4. The minimum absolute atomic E-state index is 0. The van der Waals surface area contributed by atoms with Gasteiger partial charge in [-0.25, -0.2) is 4.99 Å². The third kappa shape index (κ3) is 4.52. The highest BCUT2D eigenvalue weighted by Crippen LogP contribution is 2.30. The molecule has 1 aliphatic rings. The van der Waals surface area contributed by atoms with Crippen molar-refractivity contribution in [3.63, 3.8) is 0 Å². The molecule has 0 spiro atoms. The van der Waals surface area contributed by atoms with E-state index in [1.807, 2.05) is 50.2 Å². The zero-order valence-electron chi connectivity index (χ0n) is 13.4. The Balaban J connectivity index is 0.00000208. The maximum Gasteiger partial charge on any atom is 0.211 e. The molecular formula is C17H18BrN3O2S. The molecule has 5 nitrogen and oxygen atoms in total. The molecule has 7 heteroatoms. The molecule has 2 heterocycles. The van der Waals surface area contributed by atoms with Crippen LogP contribution in [0.2, 0.25) is 0 Å². The Morgan fingerprint density at radius 1 is 1.29 bits per heavy atom. The zero-order chi connectivity index (χ0) is 16.1. The van der Waals surface area contributed by atoms with Crippen LogP contribution in [0, 0.1) is 0 Å². The van der Waals surface area contributed by atoms with Crippen LogP contribution < -0.4 is 10.2 Å². The number of hydrogen-bond acceptors (Lipinski definition) is 6. The fourth-order valence-corrected chi connectivity index (χ4v) is 2.82. The highest BCUT2D eigenvalue weighted by molar-refractivity contribution is 8.93. The van der Waals surface area contributed by atoms with Crippen molar-refractivity contribution in [2.45, 2.75) is 13.8 Å². The molecule has 1 aromatic heterocycles. The Kier molecular flexibility index (Phi) is 6.69. The molecule has 24 heavy (non-hydrogen) atoms. The lowest BCUT2D eigenvalue weighted by Gasteiger charge is -2.16. The van der Waals surface area contributed by atoms with Crippen LogP contribution in [0.3, 0.4) is 0 Å². The molecule has 0 unspecified atom stereocenters. The molecule has 0 saturated heterocycles. The van der Waals surface area contributed by atoms with E-state index in [4.69, 9.17) is 9.15 Å². The van der Waals surface area contributed by atoms with Crippen molar-refractivity contribution >= 4 is 45.8 Å². The molecule has 0 saturated carbocycles. The number of benzene rings is 1. The Hall–Kier alpha value is -1.99. The Labute approximate surface area is 155 Å². The number of allylic oxidation sites excluding steroid dienone is 1. The van der Waals surface area contributed by atoms with Crippen LogP contribution in [-0.2, 0) is 0 Å². The van der Waals surface area contributed by atoms with Crippen molar-refractivity contribution in [3.8, 4) is 5.75 Å². The predicted octanol–water partition coefficient (Wildman–Crippen LogP) is 4.67. The molecular weight excluding hydrogens is 390 g/mol. The maximum atomic E-state index is 5.46. The second-order valence-electron chi connectivity index (χ2n) is 4.77. The van der Waals surface area contributed by atoms with Crippen LogP contribution in [0.1, 0.15) is 25.2 Å². The summed E-state index contributed by atoms with van der Waals surface area (Å²) in [5.74, 6) is 1.57. The average molecular weight is 408 g/mol. The van der Waals surface area contributed by atoms with Crippen molar-refractivity contribution < 1.29 is 9.15 Å². The summed E-state index contributed by atoms with van der Waals surface area (Å²) in [6.07, 6.45) is 3.27. The first-order valence-electron chi connectivity index (χ1n) is 7.29. The lowest BCUT2D eigenvalue weighted by atomic mass is 10.1. The van der Waals surface area contributed by atoms with Gasteiger partial charge in [0.25, 0.3) is 0 Å². The van der Waals surface area contributed by atoms with E-state index in [1.165, 1.54) is 11.8 Å². The molecule has 2 aromatic rings. The second kappa shape index (κ2) is 8.75. The summed E-state index contributed by atoms with van der Waals surface area (Å²) in [5, 5.41) is 4.94. The fourth-order valence-electron chi connectivity index (χ4n) is 2.08. The number of hydrazone groups is 1. The third-order valence-electron chi connectivity index (χ3n) is 3.16. The molecule has 1 aliphatic heterocycles. The molecule has 0 aliphatic carbocycles. The first-order chi connectivity index (χ1) is 11.3. The van der Waals surface area contributed by atoms with Crippen LogP contribution in [0.15, 0.2) is 62.1 Å². The van der Waals surface area contributed by atoms with Crippen LogP contribution in [0.25, 0.3) is 5.70 Å². The summed E-state index contributed by atoms with van der Waals surface area (Å²) in [6.45, 7) is 4.68. The average Bonchev–Trinajstić information content (AvgIpc) is 3.08. The van der Waals surface area contributed by atoms with Gasteiger partial charge in [-0.3, -0.25) is 5.43 Å². The number of nitrogens with zero attached hydrogens (tertiary/aromatic N) is 2. The molecule has 1 N–H and O–H groups in total. The van der Waals surface area contributed by atoms with Gasteiger partial charge in [0.1, 0.15) is 11.5 Å². The van der Waals surface area contributed by atoms with E-state index in [2.05, 4.69) is 15.5 Å². The Morgan fingerprint density at radius 2 is 2.08 bits per heavy atom. The quantitative estimate of drug-likeness (QED) is 0.747. The van der Waals surface area contributed by atoms with Gasteiger partial charge in [0.15, 0.2) is 0 Å².